The Bertz CT molecular complexity index is 754. The number of Topliss-reactive ketones (excluding diaryl/α,β-unsaturated/α-hetero) is 1. The maximum absolute atomic E-state index is 11.9. The van der Waals surface area contributed by atoms with Crippen molar-refractivity contribution in [2.45, 2.75) is 32.6 Å². The van der Waals surface area contributed by atoms with Crippen LogP contribution >= 0.6 is 0 Å². The van der Waals surface area contributed by atoms with E-state index in [2.05, 4.69) is 5.32 Å². The number of nitrogens with one attached hydrogen (secondary N) is 1. The van der Waals surface area contributed by atoms with E-state index in [1.165, 1.54) is 0 Å². The summed E-state index contributed by atoms with van der Waals surface area (Å²) in [5.74, 6) is -0.666. The van der Waals surface area contributed by atoms with Crippen LogP contribution in [0.25, 0.3) is 0 Å². The number of ether oxygens (including phenoxy) is 1. The highest BCUT2D eigenvalue weighted by atomic mass is 16.5. The van der Waals surface area contributed by atoms with Crippen LogP contribution in [0, 0.1) is 6.92 Å². The Morgan fingerprint density at radius 3 is 2.26 bits per heavy atom. The predicted octanol–water partition coefficient (Wildman–Crippen LogP) is 3.71. The smallest absolute Gasteiger partial charge is 0.306 e. The molecular formula is C22H25NO4. The molecule has 0 unspecified atom stereocenters. The quantitative estimate of drug-likeness (QED) is 0.395. The van der Waals surface area contributed by atoms with Gasteiger partial charge in [0.1, 0.15) is 0 Å². The molecule has 0 atom stereocenters. The Kier molecular flexibility index (Phi) is 8.23. The van der Waals surface area contributed by atoms with Crippen molar-refractivity contribution in [3.8, 4) is 0 Å². The molecule has 2 aromatic carbocycles. The SMILES string of the molecule is Cc1ccc(C(=O)COC(=O)CCCCCNC(=O)c2ccccc2)cc1. The molecule has 0 aliphatic carbocycles. The minimum absolute atomic E-state index is 0.0929. The van der Waals surface area contributed by atoms with Gasteiger partial charge in [-0.3, -0.25) is 14.4 Å². The van der Waals surface area contributed by atoms with Crippen molar-refractivity contribution < 1.29 is 19.1 Å². The van der Waals surface area contributed by atoms with Crippen LogP contribution in [0.1, 0.15) is 52.0 Å². The van der Waals surface area contributed by atoms with Crippen LogP contribution in [-0.4, -0.2) is 30.8 Å². The van der Waals surface area contributed by atoms with Crippen molar-refractivity contribution in [2.75, 3.05) is 13.2 Å². The number of ketones is 1. The van der Waals surface area contributed by atoms with Crippen molar-refractivity contribution in [3.05, 3.63) is 71.3 Å². The molecule has 27 heavy (non-hydrogen) atoms. The fraction of sp³-hybridized carbons (Fsp3) is 0.318. The first kappa shape index (κ1) is 20.4. The lowest BCUT2D eigenvalue weighted by Gasteiger charge is -2.06. The molecule has 0 radical (unpaired) electrons. The van der Waals surface area contributed by atoms with E-state index in [4.69, 9.17) is 4.74 Å². The van der Waals surface area contributed by atoms with Gasteiger partial charge in [0.05, 0.1) is 0 Å². The summed E-state index contributed by atoms with van der Waals surface area (Å²) in [4.78, 5) is 35.5. The Balaban J connectivity index is 1.54. The largest absolute Gasteiger partial charge is 0.457 e. The minimum Gasteiger partial charge on any atom is -0.457 e. The summed E-state index contributed by atoms with van der Waals surface area (Å²) in [5.41, 5.74) is 2.25. The number of carbonyl (C=O) groups excluding carboxylic acids is 3. The molecule has 0 saturated carbocycles. The molecule has 0 fully saturated rings. The molecule has 0 saturated heterocycles. The van der Waals surface area contributed by atoms with E-state index in [-0.39, 0.29) is 30.7 Å². The Hall–Kier alpha value is -2.95. The molecule has 0 aromatic heterocycles. The van der Waals surface area contributed by atoms with Crippen molar-refractivity contribution in [3.63, 3.8) is 0 Å². The zero-order valence-electron chi connectivity index (χ0n) is 15.6. The van der Waals surface area contributed by atoms with Crippen LogP contribution in [0.5, 0.6) is 0 Å². The number of amides is 1. The Morgan fingerprint density at radius 2 is 1.56 bits per heavy atom. The molecule has 142 valence electrons. The monoisotopic (exact) mass is 367 g/mol. The van der Waals surface area contributed by atoms with Crippen LogP contribution in [0.4, 0.5) is 0 Å². The third-order valence-electron chi connectivity index (χ3n) is 4.12. The number of unbranched alkanes of at least 4 members (excludes halogenated alkanes) is 2. The molecule has 5 heteroatoms. The average molecular weight is 367 g/mol. The second-order valence-electron chi connectivity index (χ2n) is 6.38. The zero-order valence-corrected chi connectivity index (χ0v) is 15.6. The minimum atomic E-state index is -0.371. The maximum Gasteiger partial charge on any atom is 0.306 e. The van der Waals surface area contributed by atoms with Crippen molar-refractivity contribution in [1.82, 2.24) is 5.32 Å². The number of carbonyl (C=O) groups is 3. The van der Waals surface area contributed by atoms with E-state index in [9.17, 15) is 14.4 Å². The van der Waals surface area contributed by atoms with Crippen molar-refractivity contribution in [1.29, 1.82) is 0 Å². The summed E-state index contributed by atoms with van der Waals surface area (Å²) in [6.07, 6.45) is 2.52. The van der Waals surface area contributed by atoms with Crippen molar-refractivity contribution in [2.24, 2.45) is 0 Å². The van der Waals surface area contributed by atoms with Gasteiger partial charge >= 0.3 is 5.97 Å². The van der Waals surface area contributed by atoms with Gasteiger partial charge in [0.15, 0.2) is 12.4 Å². The predicted molar refractivity (Wildman–Crippen MR) is 104 cm³/mol. The van der Waals surface area contributed by atoms with Gasteiger partial charge in [-0.25, -0.2) is 0 Å². The maximum atomic E-state index is 11.9. The highest BCUT2D eigenvalue weighted by molar-refractivity contribution is 5.98. The normalized spacial score (nSPS) is 10.3. The lowest BCUT2D eigenvalue weighted by Crippen LogP contribution is -2.24. The van der Waals surface area contributed by atoms with Crippen LogP contribution in [0.3, 0.4) is 0 Å². The summed E-state index contributed by atoms with van der Waals surface area (Å²) in [6.45, 7) is 2.28. The number of hydrogen-bond donors (Lipinski definition) is 1. The fourth-order valence-electron chi connectivity index (χ4n) is 2.51. The summed E-state index contributed by atoms with van der Waals surface area (Å²) in [6, 6.07) is 16.2. The first-order valence-electron chi connectivity index (χ1n) is 9.15. The standard InChI is InChI=1S/C22H25NO4/c1-17-11-13-18(14-12-17)20(24)16-27-21(25)10-6-3-7-15-23-22(26)19-8-4-2-5-9-19/h2,4-5,8-9,11-14H,3,6-7,10,15-16H2,1H3,(H,23,26). The molecular weight excluding hydrogens is 342 g/mol. The van der Waals surface area contributed by atoms with Gasteiger partial charge in [0.2, 0.25) is 0 Å². The lowest BCUT2D eigenvalue weighted by atomic mass is 10.1. The number of hydrogen-bond acceptors (Lipinski definition) is 4. The van der Waals surface area contributed by atoms with E-state index >= 15 is 0 Å². The van der Waals surface area contributed by atoms with Gasteiger partial charge in [0, 0.05) is 24.1 Å². The molecule has 0 bridgehead atoms. The van der Waals surface area contributed by atoms with E-state index < -0.39 is 0 Å². The number of aryl methyl sites for hydroxylation is 1. The second-order valence-corrected chi connectivity index (χ2v) is 6.38. The van der Waals surface area contributed by atoms with Gasteiger partial charge in [-0.2, -0.15) is 0 Å². The number of rotatable bonds is 10. The van der Waals surface area contributed by atoms with Crippen LogP contribution in [0.15, 0.2) is 54.6 Å². The number of benzene rings is 2. The van der Waals surface area contributed by atoms with Crippen LogP contribution < -0.4 is 5.32 Å². The zero-order chi connectivity index (χ0) is 19.5. The molecule has 0 aliphatic rings. The Labute approximate surface area is 159 Å². The van der Waals surface area contributed by atoms with Gasteiger partial charge < -0.3 is 10.1 Å². The number of esters is 1. The summed E-state index contributed by atoms with van der Waals surface area (Å²) in [7, 11) is 0. The first-order valence-corrected chi connectivity index (χ1v) is 9.15. The molecule has 0 spiro atoms. The third kappa shape index (κ3) is 7.44. The first-order chi connectivity index (χ1) is 13.1. The van der Waals surface area contributed by atoms with E-state index in [1.54, 1.807) is 24.3 Å². The molecule has 5 nitrogen and oxygen atoms in total. The van der Waals surface area contributed by atoms with Gasteiger partial charge in [-0.1, -0.05) is 54.4 Å². The second kappa shape index (κ2) is 10.9. The summed E-state index contributed by atoms with van der Waals surface area (Å²) >= 11 is 0. The average Bonchev–Trinajstić information content (AvgIpc) is 2.69. The third-order valence-corrected chi connectivity index (χ3v) is 4.12. The summed E-state index contributed by atoms with van der Waals surface area (Å²) < 4.78 is 5.03. The molecule has 2 rings (SSSR count). The topological polar surface area (TPSA) is 72.5 Å². The molecule has 2 aromatic rings. The van der Waals surface area contributed by atoms with E-state index in [0.717, 1.165) is 18.4 Å². The highest BCUT2D eigenvalue weighted by Gasteiger charge is 2.10. The van der Waals surface area contributed by atoms with E-state index in [1.807, 2.05) is 37.3 Å². The molecule has 0 aliphatic heterocycles. The van der Waals surface area contributed by atoms with Gasteiger partial charge in [0.25, 0.3) is 5.91 Å². The lowest BCUT2D eigenvalue weighted by molar-refractivity contribution is -0.142. The molecule has 1 N–H and O–H groups in total. The van der Waals surface area contributed by atoms with Crippen molar-refractivity contribution >= 4 is 17.7 Å². The van der Waals surface area contributed by atoms with Gasteiger partial charge in [-0.15, -0.1) is 0 Å². The van der Waals surface area contributed by atoms with E-state index in [0.29, 0.717) is 24.1 Å². The fourth-order valence-corrected chi connectivity index (χ4v) is 2.51. The van der Waals surface area contributed by atoms with Crippen LogP contribution in [-0.2, 0) is 9.53 Å². The van der Waals surface area contributed by atoms with Gasteiger partial charge in [-0.05, 0) is 31.9 Å². The Morgan fingerprint density at radius 1 is 0.852 bits per heavy atom. The highest BCUT2D eigenvalue weighted by Crippen LogP contribution is 2.06. The van der Waals surface area contributed by atoms with Crippen LogP contribution in [0.2, 0.25) is 0 Å². The summed E-state index contributed by atoms with van der Waals surface area (Å²) in [5, 5.41) is 2.85. The molecule has 1 amide bonds. The molecule has 0 heterocycles.